The summed E-state index contributed by atoms with van der Waals surface area (Å²) in [4.78, 5) is 47.4. The van der Waals surface area contributed by atoms with Gasteiger partial charge in [0.15, 0.2) is 6.10 Å². The summed E-state index contributed by atoms with van der Waals surface area (Å²) in [7, 11) is 0. The van der Waals surface area contributed by atoms with Gasteiger partial charge >= 0.3 is 0 Å². The molecule has 4 aromatic rings. The number of carbonyl (C=O) groups excluding carboxylic acids is 3. The van der Waals surface area contributed by atoms with Gasteiger partial charge in [-0.25, -0.2) is 10.0 Å². The highest BCUT2D eigenvalue weighted by Crippen LogP contribution is 2.43. The highest BCUT2D eigenvalue weighted by Gasteiger charge is 2.42. The fourth-order valence-electron chi connectivity index (χ4n) is 8.58. The zero-order valence-corrected chi connectivity index (χ0v) is 46.2. The van der Waals surface area contributed by atoms with Gasteiger partial charge in [-0.05, 0) is 90.6 Å². The molecule has 70 heavy (non-hydrogen) atoms. The van der Waals surface area contributed by atoms with Crippen molar-refractivity contribution in [2.24, 2.45) is 4.99 Å². The zero-order chi connectivity index (χ0) is 51.0. The molecule has 1 aliphatic rings. The van der Waals surface area contributed by atoms with Gasteiger partial charge in [-0.1, -0.05) is 197 Å². The molecule has 1 heterocycles. The molecule has 0 aliphatic carbocycles. The summed E-state index contributed by atoms with van der Waals surface area (Å²) in [6, 6.07) is 21.7. The fourth-order valence-corrected chi connectivity index (χ4v) is 10.8. The summed E-state index contributed by atoms with van der Waals surface area (Å²) in [5.74, 6) is 0.0428. The number of nitrogens with one attached hydrogen (secondary N) is 3. The van der Waals surface area contributed by atoms with Crippen molar-refractivity contribution in [2.45, 2.75) is 185 Å². The van der Waals surface area contributed by atoms with Crippen LogP contribution in [0.1, 0.15) is 169 Å². The number of hydrogen-bond donors (Lipinski definition) is 3. The lowest BCUT2D eigenvalue weighted by Crippen LogP contribution is -2.36. The molecule has 1 fully saturated rings. The molecular weight excluding hydrogens is 981 g/mol. The summed E-state index contributed by atoms with van der Waals surface area (Å²) in [6.07, 6.45) is 16.2. The first-order chi connectivity index (χ1) is 33.4. The Bertz CT molecular complexity index is 2420. The molecule has 5 rings (SSSR count). The van der Waals surface area contributed by atoms with Gasteiger partial charge in [0.2, 0.25) is 5.91 Å². The van der Waals surface area contributed by atoms with E-state index in [2.05, 4.69) is 76.7 Å². The second kappa shape index (κ2) is 27.2. The van der Waals surface area contributed by atoms with Crippen LogP contribution in [0.5, 0.6) is 5.75 Å². The Kier molecular flexibility index (Phi) is 22.2. The van der Waals surface area contributed by atoms with Crippen molar-refractivity contribution in [3.05, 3.63) is 104 Å². The van der Waals surface area contributed by atoms with Crippen LogP contribution < -0.4 is 25.8 Å². The van der Waals surface area contributed by atoms with Crippen LogP contribution in [-0.4, -0.2) is 34.9 Å². The number of unbranched alkanes of at least 4 members (excludes halogenated alkanes) is 10. The molecule has 1 saturated heterocycles. The number of nitrogens with zero attached hydrogens (tertiary/aromatic N) is 2. The van der Waals surface area contributed by atoms with E-state index in [4.69, 9.17) is 56.1 Å². The van der Waals surface area contributed by atoms with Gasteiger partial charge in [-0.15, -0.1) is 11.8 Å². The van der Waals surface area contributed by atoms with E-state index >= 15 is 0 Å². The number of anilines is 3. The van der Waals surface area contributed by atoms with Gasteiger partial charge < -0.3 is 15.4 Å². The molecule has 3 N–H and O–H groups in total. The third-order valence-electron chi connectivity index (χ3n) is 13.2. The van der Waals surface area contributed by atoms with E-state index in [1.807, 2.05) is 31.2 Å². The molecule has 0 aromatic heterocycles. The highest BCUT2D eigenvalue weighted by molar-refractivity contribution is 8.01. The number of carbonyl (C=O) groups is 3. The molecule has 0 radical (unpaired) electrons. The number of hydrazine groups is 1. The fraction of sp³-hybridized carbons (Fsp3) is 0.500. The molecule has 0 bridgehead atoms. The summed E-state index contributed by atoms with van der Waals surface area (Å²) < 4.78 is 6.63. The molecule has 1 aliphatic heterocycles. The van der Waals surface area contributed by atoms with Crippen LogP contribution in [0.4, 0.5) is 22.7 Å². The highest BCUT2D eigenvalue weighted by atomic mass is 35.5. The Balaban J connectivity index is 1.36. The second-order valence-electron chi connectivity index (χ2n) is 19.6. The van der Waals surface area contributed by atoms with E-state index in [0.29, 0.717) is 50.6 Å². The van der Waals surface area contributed by atoms with E-state index in [1.54, 1.807) is 24.3 Å². The lowest BCUT2D eigenvalue weighted by molar-refractivity contribution is -0.123. The van der Waals surface area contributed by atoms with Crippen molar-refractivity contribution in [3.8, 4) is 5.75 Å². The first-order valence-corrected chi connectivity index (χ1v) is 27.6. The summed E-state index contributed by atoms with van der Waals surface area (Å²) in [6.45, 7) is 17.5. The smallest absolute Gasteiger partial charge is 0.267 e. The van der Waals surface area contributed by atoms with E-state index in [9.17, 15) is 14.4 Å². The maximum Gasteiger partial charge on any atom is 0.267 e. The van der Waals surface area contributed by atoms with Gasteiger partial charge in [0.25, 0.3) is 11.8 Å². The minimum Gasteiger partial charge on any atom is -0.480 e. The van der Waals surface area contributed by atoms with Crippen LogP contribution >= 0.6 is 58.2 Å². The van der Waals surface area contributed by atoms with Crippen LogP contribution in [0.15, 0.2) is 82.7 Å². The zero-order valence-electron chi connectivity index (χ0n) is 42.3. The van der Waals surface area contributed by atoms with Crippen LogP contribution in [0.3, 0.4) is 0 Å². The molecule has 2 atom stereocenters. The average molecular weight is 1050 g/mol. The van der Waals surface area contributed by atoms with Crippen molar-refractivity contribution < 1.29 is 19.1 Å². The third kappa shape index (κ3) is 15.8. The predicted molar refractivity (Wildman–Crippen MR) is 297 cm³/mol. The molecule has 9 nitrogen and oxygen atoms in total. The van der Waals surface area contributed by atoms with E-state index in [1.165, 1.54) is 85.8 Å². The maximum absolute atomic E-state index is 14.6. The van der Waals surface area contributed by atoms with Gasteiger partial charge in [0.05, 0.1) is 26.4 Å². The number of benzene rings is 4. The molecule has 3 amide bonds. The van der Waals surface area contributed by atoms with Crippen LogP contribution in [0, 0.1) is 0 Å². The minimum atomic E-state index is -0.997. The molecule has 2 unspecified atom stereocenters. The van der Waals surface area contributed by atoms with E-state index in [-0.39, 0.29) is 44.2 Å². The maximum atomic E-state index is 14.6. The first-order valence-electron chi connectivity index (χ1n) is 25.2. The van der Waals surface area contributed by atoms with Crippen LogP contribution in [0.25, 0.3) is 0 Å². The third-order valence-corrected chi connectivity index (χ3v) is 15.6. The van der Waals surface area contributed by atoms with Crippen molar-refractivity contribution in [1.29, 1.82) is 0 Å². The van der Waals surface area contributed by atoms with Crippen LogP contribution in [-0.2, 0) is 25.2 Å². The number of halogens is 4. The topological polar surface area (TPSA) is 112 Å². The van der Waals surface area contributed by atoms with Gasteiger partial charge in [-0.2, -0.15) is 0 Å². The first kappa shape index (κ1) is 57.0. The number of thioether (sulfide) groups is 1. The Morgan fingerprint density at radius 1 is 0.757 bits per heavy atom. The number of para-hydroxylation sites is 1. The minimum absolute atomic E-state index is 0.0145. The predicted octanol–water partition coefficient (Wildman–Crippen LogP) is 17.2. The second-order valence-corrected chi connectivity index (χ2v) is 22.4. The summed E-state index contributed by atoms with van der Waals surface area (Å²) >= 11 is 27.6. The van der Waals surface area contributed by atoms with Gasteiger partial charge in [0, 0.05) is 27.6 Å². The lowest BCUT2D eigenvalue weighted by atomic mass is 9.75. The number of hydrogen-bond acceptors (Lipinski definition) is 6. The Morgan fingerprint density at radius 2 is 1.40 bits per heavy atom. The largest absolute Gasteiger partial charge is 0.480 e. The Morgan fingerprint density at radius 3 is 2.03 bits per heavy atom. The van der Waals surface area contributed by atoms with Crippen molar-refractivity contribution in [2.75, 3.05) is 15.6 Å². The van der Waals surface area contributed by atoms with E-state index in [0.717, 1.165) is 44.1 Å². The molecule has 0 saturated carbocycles. The van der Waals surface area contributed by atoms with Crippen molar-refractivity contribution >= 4 is 104 Å². The summed E-state index contributed by atoms with van der Waals surface area (Å²) in [5, 5.41) is 7.26. The van der Waals surface area contributed by atoms with E-state index < -0.39 is 17.3 Å². The molecular formula is C56H73Cl4N5O4S. The number of rotatable bonds is 27. The quantitative estimate of drug-likeness (QED) is 0.0513. The lowest BCUT2D eigenvalue weighted by Gasteiger charge is -2.32. The van der Waals surface area contributed by atoms with Gasteiger partial charge in [-0.3, -0.25) is 19.8 Å². The number of amidine groups is 1. The monoisotopic (exact) mass is 1050 g/mol. The van der Waals surface area contributed by atoms with Crippen molar-refractivity contribution in [1.82, 2.24) is 5.43 Å². The number of amides is 3. The van der Waals surface area contributed by atoms with Gasteiger partial charge in [0.1, 0.15) is 22.5 Å². The van der Waals surface area contributed by atoms with Crippen LogP contribution in [0.2, 0.25) is 20.1 Å². The Labute approximate surface area is 441 Å². The molecule has 14 heteroatoms. The normalized spacial score (nSPS) is 15.0. The Hall–Kier alpha value is -3.93. The molecule has 0 spiro atoms. The molecule has 380 valence electrons. The molecule has 4 aromatic carbocycles. The number of aliphatic imine (C=N–C) groups is 1. The SMILES string of the molecule is CCCCCCCCCCCCCC(=O)Nc1ccc(Cl)c(N=C2NN(c3c(Cl)cc(Cl)cc3Cl)C(=O)C2Sc2ccccc2NC(=O)C(CC)Oc2ccc(C(C)(C)CCC)cc2C(C)(C)CC)c1. The van der Waals surface area contributed by atoms with Crippen molar-refractivity contribution in [3.63, 3.8) is 0 Å². The standard InChI is InChI=1S/C56H73Cl4N5O4S/c1-9-13-14-15-16-17-18-19-20-21-22-27-49(66)61-39-29-30-41(58)45(36-39)62-52-51(54(68)65(64-52)50-42(59)34-38(57)35-43(50)60)70-48-26-24-23-25-44(48)63-53(67)46(11-3)69-47-31-28-37(56(7,8)32-10-2)33-40(47)55(5,6)12-4/h23-26,28-31,33-36,46,51H,9-22,27,32H2,1-8H3,(H,61,66)(H,62,64)(H,63,67). The average Bonchev–Trinajstić information content (AvgIpc) is 3.60. The summed E-state index contributed by atoms with van der Waals surface area (Å²) in [5.41, 5.74) is 6.75. The number of ether oxygens (including phenoxy) is 1.